The molecule has 14 heteroatoms. The summed E-state index contributed by atoms with van der Waals surface area (Å²) in [5.41, 5.74) is 14.1. The number of nitrogens with one attached hydrogen (secondary N) is 2. The molecule has 0 saturated carbocycles. The molecule has 3 amide bonds. The summed E-state index contributed by atoms with van der Waals surface area (Å²) in [6.07, 6.45) is 5.56. The highest BCUT2D eigenvalue weighted by Crippen LogP contribution is 2.15. The number of aryl methyl sites for hydroxylation is 1. The molecular weight excluding hydrogens is 632 g/mol. The first kappa shape index (κ1) is 39.3. The number of amides is 3. The van der Waals surface area contributed by atoms with Crippen LogP contribution in [0.5, 0.6) is 0 Å². The van der Waals surface area contributed by atoms with Gasteiger partial charge in [-0.3, -0.25) is 14.4 Å². The van der Waals surface area contributed by atoms with Crippen LogP contribution in [0, 0.1) is 0 Å². The molecule has 14 nitrogen and oxygen atoms in total. The van der Waals surface area contributed by atoms with Crippen LogP contribution >= 0.6 is 0 Å². The van der Waals surface area contributed by atoms with E-state index in [2.05, 4.69) is 15.3 Å². The van der Waals surface area contributed by atoms with Crippen LogP contribution in [0.25, 0.3) is 17.1 Å². The van der Waals surface area contributed by atoms with Crippen molar-refractivity contribution in [2.45, 2.75) is 32.7 Å². The maximum Gasteiger partial charge on any atom is 0.280 e. The Morgan fingerprint density at radius 3 is 2.06 bits per heavy atom. The first-order valence-corrected chi connectivity index (χ1v) is 16.7. The molecule has 0 bridgehead atoms. The van der Waals surface area contributed by atoms with E-state index < -0.39 is 11.8 Å². The van der Waals surface area contributed by atoms with E-state index in [1.807, 2.05) is 29.7 Å². The largest absolute Gasteiger partial charge is 0.379 e. The first-order chi connectivity index (χ1) is 23.9. The van der Waals surface area contributed by atoms with Crippen LogP contribution in [0.15, 0.2) is 53.5 Å². The second kappa shape index (κ2) is 23.2. The van der Waals surface area contributed by atoms with Gasteiger partial charge < -0.3 is 50.0 Å². The van der Waals surface area contributed by atoms with Crippen molar-refractivity contribution in [2.24, 2.45) is 16.5 Å². The fraction of sp³-hybridized carbons (Fsp3) is 0.486. The summed E-state index contributed by atoms with van der Waals surface area (Å²) in [5.74, 6) is -1.32. The van der Waals surface area contributed by atoms with Crippen molar-refractivity contribution >= 4 is 34.8 Å². The predicted octanol–water partition coefficient (Wildman–Crippen LogP) is 2.17. The number of carbonyl (C=O) groups is 3. The van der Waals surface area contributed by atoms with Crippen molar-refractivity contribution in [3.63, 3.8) is 0 Å². The number of hydrogen-bond acceptors (Lipinski definition) is 9. The zero-order valence-corrected chi connectivity index (χ0v) is 28.3. The van der Waals surface area contributed by atoms with Crippen molar-refractivity contribution in [1.82, 2.24) is 14.9 Å². The molecule has 3 aromatic rings. The lowest BCUT2D eigenvalue weighted by molar-refractivity contribution is -0.116. The van der Waals surface area contributed by atoms with Gasteiger partial charge in [-0.2, -0.15) is 4.99 Å². The van der Waals surface area contributed by atoms with Crippen LogP contribution in [-0.4, -0.2) is 106 Å². The minimum absolute atomic E-state index is 0.211. The minimum Gasteiger partial charge on any atom is -0.379 e. The lowest BCUT2D eigenvalue weighted by Gasteiger charge is -2.08. The summed E-state index contributed by atoms with van der Waals surface area (Å²) in [7, 11) is 0. The Bertz CT molecular complexity index is 1550. The molecule has 0 fully saturated rings. The van der Waals surface area contributed by atoms with E-state index in [0.29, 0.717) is 97.7 Å². The standard InChI is InChI=1S/C35H50N6O8/c1-2-14-41-31-10-8-27(25-30(31)39-35(41)40-34(44)29-7-3-6-28(26-29)33(37)43)9-11-32(42)38-13-5-16-46-18-20-48-22-24-49-23-21-47-19-17-45-15-4-12-36/h3,6-11,25-26H,2,4-5,12-24,36H2,1H3,(H2,37,43)(H,38,42)(H,39,40,44)/b11-9+. The second-order valence-electron chi connectivity index (χ2n) is 10.9. The Morgan fingerprint density at radius 2 is 1.45 bits per heavy atom. The molecule has 0 aliphatic rings. The number of hydrogen-bond donors (Lipinski definition) is 4. The summed E-state index contributed by atoms with van der Waals surface area (Å²) in [5, 5.41) is 2.85. The summed E-state index contributed by atoms with van der Waals surface area (Å²) >= 11 is 0. The normalized spacial score (nSPS) is 11.9. The van der Waals surface area contributed by atoms with Crippen LogP contribution in [0.4, 0.5) is 0 Å². The van der Waals surface area contributed by atoms with Crippen molar-refractivity contribution in [3.8, 4) is 0 Å². The van der Waals surface area contributed by atoms with E-state index in [1.165, 1.54) is 12.1 Å². The molecule has 2 aromatic carbocycles. The molecule has 0 radical (unpaired) electrons. The van der Waals surface area contributed by atoms with Crippen LogP contribution in [0.1, 0.15) is 52.5 Å². The molecule has 0 spiro atoms. The number of aromatic amines is 1. The van der Waals surface area contributed by atoms with Crippen molar-refractivity contribution in [3.05, 3.63) is 70.8 Å². The number of ether oxygens (including phenoxy) is 5. The third-order valence-corrected chi connectivity index (χ3v) is 7.03. The van der Waals surface area contributed by atoms with E-state index in [-0.39, 0.29) is 17.0 Å². The van der Waals surface area contributed by atoms with Gasteiger partial charge in [-0.05, 0) is 67.8 Å². The number of imidazole rings is 1. The summed E-state index contributed by atoms with van der Waals surface area (Å²) < 4.78 is 29.2. The van der Waals surface area contributed by atoms with E-state index in [4.69, 9.17) is 35.2 Å². The van der Waals surface area contributed by atoms with Gasteiger partial charge >= 0.3 is 0 Å². The smallest absolute Gasteiger partial charge is 0.280 e. The Labute approximate surface area is 286 Å². The van der Waals surface area contributed by atoms with E-state index in [9.17, 15) is 14.4 Å². The topological polar surface area (TPSA) is 195 Å². The van der Waals surface area contributed by atoms with Crippen molar-refractivity contribution in [2.75, 3.05) is 79.2 Å². The van der Waals surface area contributed by atoms with E-state index in [0.717, 1.165) is 29.4 Å². The fourth-order valence-electron chi connectivity index (χ4n) is 4.58. The monoisotopic (exact) mass is 682 g/mol. The second-order valence-corrected chi connectivity index (χ2v) is 10.9. The van der Waals surface area contributed by atoms with Gasteiger partial charge in [-0.15, -0.1) is 0 Å². The van der Waals surface area contributed by atoms with Gasteiger partial charge in [0.25, 0.3) is 5.91 Å². The van der Waals surface area contributed by atoms with Gasteiger partial charge in [-0.25, -0.2) is 0 Å². The average Bonchev–Trinajstić information content (AvgIpc) is 3.44. The molecule has 6 N–H and O–H groups in total. The number of primary amides is 1. The molecule has 3 rings (SSSR count). The van der Waals surface area contributed by atoms with Gasteiger partial charge in [0.2, 0.25) is 17.4 Å². The number of nitrogens with two attached hydrogens (primary N) is 2. The molecule has 268 valence electrons. The van der Waals surface area contributed by atoms with E-state index in [1.54, 1.807) is 24.3 Å². The van der Waals surface area contributed by atoms with Gasteiger partial charge in [0, 0.05) is 43.5 Å². The highest BCUT2D eigenvalue weighted by atomic mass is 16.6. The van der Waals surface area contributed by atoms with Crippen LogP contribution in [0.3, 0.4) is 0 Å². The maximum atomic E-state index is 12.9. The molecule has 49 heavy (non-hydrogen) atoms. The number of H-pyrrole nitrogens is 1. The summed E-state index contributed by atoms with van der Waals surface area (Å²) in [6, 6.07) is 11.9. The molecule has 0 saturated heterocycles. The predicted molar refractivity (Wildman–Crippen MR) is 186 cm³/mol. The number of aromatic nitrogens is 2. The van der Waals surface area contributed by atoms with Crippen LogP contribution in [0.2, 0.25) is 0 Å². The quantitative estimate of drug-likeness (QED) is 0.0765. The summed E-state index contributed by atoms with van der Waals surface area (Å²) in [6.45, 7) is 8.97. The first-order valence-electron chi connectivity index (χ1n) is 16.7. The lowest BCUT2D eigenvalue weighted by atomic mass is 10.1. The van der Waals surface area contributed by atoms with Crippen LogP contribution in [-0.2, 0) is 35.0 Å². The fourth-order valence-corrected chi connectivity index (χ4v) is 4.58. The lowest BCUT2D eigenvalue weighted by Crippen LogP contribution is -2.23. The SMILES string of the molecule is CCCn1/c(=N/C(=O)c2cccc(C(N)=O)c2)[nH]c2cc(/C=C/C(=O)NCCCOCCOCCOCCOCCOCCCN)ccc21. The number of carbonyl (C=O) groups excluding carboxylic acids is 3. The van der Waals surface area contributed by atoms with Crippen LogP contribution < -0.4 is 22.4 Å². The zero-order valence-electron chi connectivity index (χ0n) is 28.3. The molecule has 0 aliphatic heterocycles. The third-order valence-electron chi connectivity index (χ3n) is 7.03. The minimum atomic E-state index is -0.615. The molecule has 1 heterocycles. The molecule has 1 aromatic heterocycles. The Hall–Kier alpha value is -4.18. The molecule has 0 atom stereocenters. The maximum absolute atomic E-state index is 12.9. The van der Waals surface area contributed by atoms with Gasteiger partial charge in [0.1, 0.15) is 0 Å². The van der Waals surface area contributed by atoms with Gasteiger partial charge in [0.05, 0.1) is 63.9 Å². The number of rotatable bonds is 25. The highest BCUT2D eigenvalue weighted by molar-refractivity contribution is 5.99. The Kier molecular flexibility index (Phi) is 18.6. The molecule has 0 aliphatic carbocycles. The van der Waals surface area contributed by atoms with Crippen molar-refractivity contribution in [1.29, 1.82) is 0 Å². The van der Waals surface area contributed by atoms with Crippen molar-refractivity contribution < 1.29 is 38.1 Å². The number of fused-ring (bicyclic) bond motifs is 1. The zero-order chi connectivity index (χ0) is 35.1. The molecular formula is C35H50N6O8. The number of nitrogens with zero attached hydrogens (tertiary/aromatic N) is 2. The van der Waals surface area contributed by atoms with E-state index >= 15 is 0 Å². The Balaban J connectivity index is 1.32. The Morgan fingerprint density at radius 1 is 0.837 bits per heavy atom. The summed E-state index contributed by atoms with van der Waals surface area (Å²) in [4.78, 5) is 44.3. The van der Waals surface area contributed by atoms with Gasteiger partial charge in [0.15, 0.2) is 0 Å². The number of benzene rings is 2. The molecule has 0 unspecified atom stereocenters. The third kappa shape index (κ3) is 14.9. The van der Waals surface area contributed by atoms with Gasteiger partial charge in [-0.1, -0.05) is 19.1 Å². The average molecular weight is 683 g/mol. The highest BCUT2D eigenvalue weighted by Gasteiger charge is 2.11.